The number of aromatic nitrogens is 2. The molecule has 1 N–H and O–H groups in total. The van der Waals surface area contributed by atoms with Crippen LogP contribution in [0.5, 0.6) is 0 Å². The molecule has 0 aliphatic carbocycles. The number of benzene rings is 2. The number of carbonyl (C=O) groups excluding carboxylic acids is 1. The zero-order valence-corrected chi connectivity index (χ0v) is 13.3. The molecule has 0 radical (unpaired) electrons. The van der Waals surface area contributed by atoms with Gasteiger partial charge in [0.15, 0.2) is 0 Å². The number of imidazole rings is 1. The third-order valence-electron chi connectivity index (χ3n) is 3.50. The maximum Gasteiger partial charge on any atom is 0.247 e. The van der Waals surface area contributed by atoms with Crippen LogP contribution in [0.4, 0.5) is 0 Å². The summed E-state index contributed by atoms with van der Waals surface area (Å²) in [5, 5.41) is 4.52. The van der Waals surface area contributed by atoms with Crippen LogP contribution in [-0.4, -0.2) is 21.7 Å². The van der Waals surface area contributed by atoms with Crippen LogP contribution in [0, 0.1) is 0 Å². The van der Waals surface area contributed by atoms with Crippen LogP contribution in [0.3, 0.4) is 0 Å². The Morgan fingerprint density at radius 1 is 1.26 bits per heavy atom. The number of hydrogen-bond acceptors (Lipinski definition) is 3. The molecule has 0 atom stereocenters. The Labute approximate surface area is 138 Å². The van der Waals surface area contributed by atoms with E-state index >= 15 is 0 Å². The van der Waals surface area contributed by atoms with Gasteiger partial charge < -0.3 is 4.57 Å². The highest BCUT2D eigenvalue weighted by molar-refractivity contribution is 6.33. The van der Waals surface area contributed by atoms with Gasteiger partial charge in [-0.2, -0.15) is 5.10 Å². The van der Waals surface area contributed by atoms with Gasteiger partial charge in [0, 0.05) is 17.6 Å². The molecule has 3 aromatic rings. The molecule has 5 nitrogen and oxygen atoms in total. The summed E-state index contributed by atoms with van der Waals surface area (Å²) in [6.45, 7) is 0. The van der Waals surface area contributed by atoms with Gasteiger partial charge in [-0.1, -0.05) is 41.9 Å². The largest absolute Gasteiger partial charge is 0.331 e. The van der Waals surface area contributed by atoms with Crippen LogP contribution in [-0.2, 0) is 18.3 Å². The summed E-state index contributed by atoms with van der Waals surface area (Å²) >= 11 is 6.02. The van der Waals surface area contributed by atoms with E-state index in [2.05, 4.69) is 15.5 Å². The zero-order valence-electron chi connectivity index (χ0n) is 12.5. The Morgan fingerprint density at radius 2 is 2.00 bits per heavy atom. The number of amides is 1. The van der Waals surface area contributed by atoms with E-state index in [1.54, 1.807) is 6.07 Å². The fraction of sp³-hybridized carbons (Fsp3) is 0.118. The van der Waals surface area contributed by atoms with E-state index in [-0.39, 0.29) is 12.3 Å². The molecule has 6 heteroatoms. The second-order valence-corrected chi connectivity index (χ2v) is 5.47. The molecule has 0 aliphatic heterocycles. The summed E-state index contributed by atoms with van der Waals surface area (Å²) in [6.07, 6.45) is 1.68. The maximum absolute atomic E-state index is 12.0. The van der Waals surface area contributed by atoms with Gasteiger partial charge in [-0.15, -0.1) is 0 Å². The van der Waals surface area contributed by atoms with Crippen molar-refractivity contribution < 1.29 is 4.79 Å². The van der Waals surface area contributed by atoms with E-state index < -0.39 is 0 Å². The summed E-state index contributed by atoms with van der Waals surface area (Å²) in [4.78, 5) is 16.5. The lowest BCUT2D eigenvalue weighted by molar-refractivity contribution is -0.120. The highest BCUT2D eigenvalue weighted by Gasteiger charge is 2.10. The SMILES string of the molecule is Cn1c(CC(=O)N/N=C/c2ccccc2Cl)nc2ccccc21. The Kier molecular flexibility index (Phi) is 4.39. The lowest BCUT2D eigenvalue weighted by atomic mass is 10.2. The van der Waals surface area contributed by atoms with E-state index in [1.165, 1.54) is 6.21 Å². The molecule has 1 heterocycles. The van der Waals surface area contributed by atoms with Crippen LogP contribution >= 0.6 is 11.6 Å². The van der Waals surface area contributed by atoms with E-state index in [1.807, 2.05) is 54.1 Å². The Bertz CT molecular complexity index is 885. The summed E-state index contributed by atoms with van der Waals surface area (Å²) in [7, 11) is 1.89. The average molecular weight is 327 g/mol. The van der Waals surface area contributed by atoms with Crippen LogP contribution in [0.15, 0.2) is 53.6 Å². The minimum Gasteiger partial charge on any atom is -0.331 e. The van der Waals surface area contributed by atoms with E-state index in [0.29, 0.717) is 10.8 Å². The summed E-state index contributed by atoms with van der Waals surface area (Å²) < 4.78 is 1.91. The highest BCUT2D eigenvalue weighted by atomic mass is 35.5. The van der Waals surface area contributed by atoms with Gasteiger partial charge in [0.25, 0.3) is 0 Å². The van der Waals surface area contributed by atoms with Crippen molar-refractivity contribution in [3.8, 4) is 0 Å². The monoisotopic (exact) mass is 326 g/mol. The lowest BCUT2D eigenvalue weighted by Gasteiger charge is -2.02. The minimum atomic E-state index is -0.230. The number of carbonyl (C=O) groups is 1. The average Bonchev–Trinajstić information content (AvgIpc) is 2.86. The molecule has 116 valence electrons. The molecule has 3 rings (SSSR count). The fourth-order valence-corrected chi connectivity index (χ4v) is 2.47. The Morgan fingerprint density at radius 3 is 2.78 bits per heavy atom. The third kappa shape index (κ3) is 3.40. The summed E-state index contributed by atoms with van der Waals surface area (Å²) in [6, 6.07) is 15.0. The summed E-state index contributed by atoms with van der Waals surface area (Å²) in [5.74, 6) is 0.461. The molecule has 1 amide bonds. The van der Waals surface area contributed by atoms with Gasteiger partial charge in [0.1, 0.15) is 5.82 Å². The zero-order chi connectivity index (χ0) is 16.2. The number of nitrogens with zero attached hydrogens (tertiary/aromatic N) is 3. The molecule has 0 aliphatic rings. The first kappa shape index (κ1) is 15.2. The molecule has 0 spiro atoms. The molecule has 0 bridgehead atoms. The Balaban J connectivity index is 1.67. The van der Waals surface area contributed by atoms with E-state index in [4.69, 9.17) is 11.6 Å². The molecular weight excluding hydrogens is 312 g/mol. The van der Waals surface area contributed by atoms with Crippen molar-refractivity contribution in [2.24, 2.45) is 12.1 Å². The number of hydrazone groups is 1. The smallest absolute Gasteiger partial charge is 0.247 e. The number of rotatable bonds is 4. The highest BCUT2D eigenvalue weighted by Crippen LogP contribution is 2.14. The standard InChI is InChI=1S/C17H15ClN4O/c1-22-15-9-5-4-8-14(15)20-16(22)10-17(23)21-19-11-12-6-2-3-7-13(12)18/h2-9,11H,10H2,1H3,(H,21,23)/b19-11+. The van der Waals surface area contributed by atoms with Crippen molar-refractivity contribution in [3.05, 3.63) is 64.9 Å². The molecular formula is C17H15ClN4O. The fourth-order valence-electron chi connectivity index (χ4n) is 2.29. The van der Waals surface area contributed by atoms with Crippen LogP contribution in [0.25, 0.3) is 11.0 Å². The number of halogens is 1. The Hall–Kier alpha value is -2.66. The van der Waals surface area contributed by atoms with Crippen molar-refractivity contribution >= 4 is 34.8 Å². The van der Waals surface area contributed by atoms with Crippen LogP contribution < -0.4 is 5.43 Å². The van der Waals surface area contributed by atoms with Gasteiger partial charge >= 0.3 is 0 Å². The summed E-state index contributed by atoms with van der Waals surface area (Å²) in [5.41, 5.74) is 5.11. The molecule has 0 fully saturated rings. The van der Waals surface area contributed by atoms with Crippen molar-refractivity contribution in [1.82, 2.24) is 15.0 Å². The molecule has 23 heavy (non-hydrogen) atoms. The van der Waals surface area contributed by atoms with Crippen molar-refractivity contribution in [3.63, 3.8) is 0 Å². The van der Waals surface area contributed by atoms with Gasteiger partial charge in [-0.3, -0.25) is 4.79 Å². The number of aryl methyl sites for hydroxylation is 1. The number of fused-ring (bicyclic) bond motifs is 1. The van der Waals surface area contributed by atoms with Crippen LogP contribution in [0.2, 0.25) is 5.02 Å². The quantitative estimate of drug-likeness (QED) is 0.592. The number of para-hydroxylation sites is 2. The van der Waals surface area contributed by atoms with Gasteiger partial charge in [0.2, 0.25) is 5.91 Å². The van der Waals surface area contributed by atoms with E-state index in [9.17, 15) is 4.79 Å². The van der Waals surface area contributed by atoms with E-state index in [0.717, 1.165) is 16.6 Å². The first-order valence-electron chi connectivity index (χ1n) is 7.12. The van der Waals surface area contributed by atoms with Crippen LogP contribution in [0.1, 0.15) is 11.4 Å². The minimum absolute atomic E-state index is 0.158. The molecule has 0 saturated carbocycles. The first-order valence-corrected chi connectivity index (χ1v) is 7.49. The van der Waals surface area contributed by atoms with Crippen molar-refractivity contribution in [2.75, 3.05) is 0 Å². The first-order chi connectivity index (χ1) is 11.1. The van der Waals surface area contributed by atoms with Crippen molar-refractivity contribution in [2.45, 2.75) is 6.42 Å². The van der Waals surface area contributed by atoms with Gasteiger partial charge in [-0.05, 0) is 18.2 Å². The molecule has 2 aromatic carbocycles. The van der Waals surface area contributed by atoms with Gasteiger partial charge in [-0.25, -0.2) is 10.4 Å². The molecule has 1 aromatic heterocycles. The second-order valence-electron chi connectivity index (χ2n) is 5.07. The lowest BCUT2D eigenvalue weighted by Crippen LogP contribution is -2.21. The van der Waals surface area contributed by atoms with Gasteiger partial charge in [0.05, 0.1) is 23.7 Å². The second kappa shape index (κ2) is 6.62. The number of nitrogens with one attached hydrogen (secondary N) is 1. The predicted molar refractivity (Wildman–Crippen MR) is 91.6 cm³/mol. The molecule has 0 unspecified atom stereocenters. The molecule has 0 saturated heterocycles. The number of hydrogen-bond donors (Lipinski definition) is 1. The predicted octanol–water partition coefficient (Wildman–Crippen LogP) is 2.92. The van der Waals surface area contributed by atoms with Crippen molar-refractivity contribution in [1.29, 1.82) is 0 Å². The third-order valence-corrected chi connectivity index (χ3v) is 3.84. The maximum atomic E-state index is 12.0. The normalized spacial score (nSPS) is 11.2. The topological polar surface area (TPSA) is 59.3 Å².